The van der Waals surface area contributed by atoms with Crippen LogP contribution in [0.5, 0.6) is 0 Å². The zero-order chi connectivity index (χ0) is 9.10. The van der Waals surface area contributed by atoms with E-state index in [9.17, 15) is 0 Å². The summed E-state index contributed by atoms with van der Waals surface area (Å²) in [6, 6.07) is 0. The van der Waals surface area contributed by atoms with Gasteiger partial charge in [0.2, 0.25) is 0 Å². The van der Waals surface area contributed by atoms with Crippen LogP contribution < -0.4 is 0 Å². The van der Waals surface area contributed by atoms with Gasteiger partial charge in [-0.25, -0.2) is 4.98 Å². The predicted molar refractivity (Wildman–Crippen MR) is 50.4 cm³/mol. The summed E-state index contributed by atoms with van der Waals surface area (Å²) in [7, 11) is 0. The van der Waals surface area contributed by atoms with Crippen LogP contribution in [-0.2, 0) is 11.3 Å². The molecule has 0 amide bonds. The van der Waals surface area contributed by atoms with Gasteiger partial charge < -0.3 is 9.30 Å². The lowest BCUT2D eigenvalue weighted by Crippen LogP contribution is -2.25. The van der Waals surface area contributed by atoms with E-state index in [1.54, 1.807) is 0 Å². The Morgan fingerprint density at radius 2 is 2.54 bits per heavy atom. The van der Waals surface area contributed by atoms with Crippen molar-refractivity contribution in [3.05, 3.63) is 18.7 Å². The van der Waals surface area contributed by atoms with Gasteiger partial charge in [0.15, 0.2) is 0 Å². The molecule has 2 rings (SSSR count). The van der Waals surface area contributed by atoms with Gasteiger partial charge in [0.05, 0.1) is 12.4 Å². The molecule has 0 spiro atoms. The molecule has 1 aromatic heterocycles. The third kappa shape index (κ3) is 2.31. The molecule has 0 aliphatic carbocycles. The van der Waals surface area contributed by atoms with Crippen LogP contribution in [0.2, 0.25) is 0 Å². The third-order valence-corrected chi connectivity index (χ3v) is 2.62. The Balaban J connectivity index is 1.87. The molecule has 3 heteroatoms. The Hall–Kier alpha value is -0.830. The van der Waals surface area contributed by atoms with Gasteiger partial charge in [-0.15, -0.1) is 0 Å². The summed E-state index contributed by atoms with van der Waals surface area (Å²) < 4.78 is 7.66. The van der Waals surface area contributed by atoms with Crippen LogP contribution in [-0.4, -0.2) is 22.3 Å². The fraction of sp³-hybridized carbons (Fsp3) is 0.700. The third-order valence-electron chi connectivity index (χ3n) is 2.62. The van der Waals surface area contributed by atoms with Crippen LogP contribution in [0, 0.1) is 5.92 Å². The molecule has 0 aromatic carbocycles. The SMILES string of the molecule is CC1CC(Cn2ccnc2)CCO1. The number of hydrogen-bond donors (Lipinski definition) is 0. The molecular formula is C10H16N2O. The number of ether oxygens (including phenoxy) is 1. The monoisotopic (exact) mass is 180 g/mol. The first kappa shape index (κ1) is 8.75. The fourth-order valence-electron chi connectivity index (χ4n) is 1.95. The molecule has 0 saturated carbocycles. The van der Waals surface area contributed by atoms with E-state index in [0.29, 0.717) is 6.10 Å². The first-order chi connectivity index (χ1) is 6.34. The number of hydrogen-bond acceptors (Lipinski definition) is 2. The van der Waals surface area contributed by atoms with Crippen molar-refractivity contribution < 1.29 is 4.74 Å². The first-order valence-corrected chi connectivity index (χ1v) is 4.92. The zero-order valence-corrected chi connectivity index (χ0v) is 8.02. The molecule has 0 N–H and O–H groups in total. The minimum absolute atomic E-state index is 0.433. The predicted octanol–water partition coefficient (Wildman–Crippen LogP) is 1.70. The molecular weight excluding hydrogens is 164 g/mol. The summed E-state index contributed by atoms with van der Waals surface area (Å²) in [5.41, 5.74) is 0. The average molecular weight is 180 g/mol. The largest absolute Gasteiger partial charge is 0.378 e. The van der Waals surface area contributed by atoms with E-state index in [1.807, 2.05) is 18.7 Å². The number of rotatable bonds is 2. The lowest BCUT2D eigenvalue weighted by atomic mass is 9.96. The molecule has 2 heterocycles. The Kier molecular flexibility index (Phi) is 2.64. The zero-order valence-electron chi connectivity index (χ0n) is 8.02. The Morgan fingerprint density at radius 3 is 3.23 bits per heavy atom. The number of aromatic nitrogens is 2. The van der Waals surface area contributed by atoms with Gasteiger partial charge in [-0.05, 0) is 25.7 Å². The minimum atomic E-state index is 0.433. The van der Waals surface area contributed by atoms with Crippen LogP contribution >= 0.6 is 0 Å². The fourth-order valence-corrected chi connectivity index (χ4v) is 1.95. The van der Waals surface area contributed by atoms with Crippen LogP contribution in [0.4, 0.5) is 0 Å². The van der Waals surface area contributed by atoms with Crippen molar-refractivity contribution in [1.82, 2.24) is 9.55 Å². The van der Waals surface area contributed by atoms with E-state index >= 15 is 0 Å². The molecule has 72 valence electrons. The maximum absolute atomic E-state index is 5.50. The summed E-state index contributed by atoms with van der Waals surface area (Å²) in [5, 5.41) is 0. The molecule has 13 heavy (non-hydrogen) atoms. The molecule has 2 unspecified atom stereocenters. The quantitative estimate of drug-likeness (QED) is 0.692. The molecule has 0 radical (unpaired) electrons. The molecule has 3 nitrogen and oxygen atoms in total. The van der Waals surface area contributed by atoms with E-state index < -0.39 is 0 Å². The van der Waals surface area contributed by atoms with Gasteiger partial charge >= 0.3 is 0 Å². The van der Waals surface area contributed by atoms with Gasteiger partial charge in [0.1, 0.15) is 0 Å². The second-order valence-corrected chi connectivity index (χ2v) is 3.83. The highest BCUT2D eigenvalue weighted by Crippen LogP contribution is 2.21. The lowest BCUT2D eigenvalue weighted by molar-refractivity contribution is -0.00103. The van der Waals surface area contributed by atoms with Crippen molar-refractivity contribution in [2.75, 3.05) is 6.61 Å². The van der Waals surface area contributed by atoms with Crippen molar-refractivity contribution in [1.29, 1.82) is 0 Å². The lowest BCUT2D eigenvalue weighted by Gasteiger charge is -2.27. The summed E-state index contributed by atoms with van der Waals surface area (Å²) in [4.78, 5) is 4.04. The first-order valence-electron chi connectivity index (χ1n) is 4.92. The molecule has 1 aromatic rings. The topological polar surface area (TPSA) is 27.1 Å². The summed E-state index contributed by atoms with van der Waals surface area (Å²) >= 11 is 0. The van der Waals surface area contributed by atoms with Crippen molar-refractivity contribution in [2.24, 2.45) is 5.92 Å². The molecule has 1 fully saturated rings. The average Bonchev–Trinajstić information content (AvgIpc) is 2.57. The highest BCUT2D eigenvalue weighted by Gasteiger charge is 2.19. The van der Waals surface area contributed by atoms with Gasteiger partial charge in [0, 0.05) is 25.5 Å². The summed E-state index contributed by atoms with van der Waals surface area (Å²) in [6.45, 7) is 4.16. The van der Waals surface area contributed by atoms with Crippen molar-refractivity contribution in [2.45, 2.75) is 32.4 Å². The normalized spacial score (nSPS) is 29.0. The Labute approximate surface area is 78.7 Å². The molecule has 0 bridgehead atoms. The highest BCUT2D eigenvalue weighted by atomic mass is 16.5. The van der Waals surface area contributed by atoms with Gasteiger partial charge in [0.25, 0.3) is 0 Å². The van der Waals surface area contributed by atoms with E-state index in [0.717, 1.165) is 19.1 Å². The maximum Gasteiger partial charge on any atom is 0.0945 e. The van der Waals surface area contributed by atoms with Gasteiger partial charge in [-0.3, -0.25) is 0 Å². The van der Waals surface area contributed by atoms with Gasteiger partial charge in [-0.1, -0.05) is 0 Å². The number of nitrogens with zero attached hydrogens (tertiary/aromatic N) is 2. The second-order valence-electron chi connectivity index (χ2n) is 3.83. The van der Waals surface area contributed by atoms with E-state index in [1.165, 1.54) is 12.8 Å². The van der Waals surface area contributed by atoms with E-state index in [-0.39, 0.29) is 0 Å². The molecule has 1 saturated heterocycles. The summed E-state index contributed by atoms with van der Waals surface area (Å²) in [6.07, 6.45) is 8.55. The van der Waals surface area contributed by atoms with Gasteiger partial charge in [-0.2, -0.15) is 0 Å². The summed E-state index contributed by atoms with van der Waals surface area (Å²) in [5.74, 6) is 0.762. The van der Waals surface area contributed by atoms with E-state index in [4.69, 9.17) is 4.74 Å². The van der Waals surface area contributed by atoms with Crippen LogP contribution in [0.3, 0.4) is 0 Å². The van der Waals surface area contributed by atoms with Crippen molar-refractivity contribution >= 4 is 0 Å². The standard InChI is InChI=1S/C10H16N2O/c1-9-6-10(2-5-13-9)7-12-4-3-11-8-12/h3-4,8-10H,2,5-7H2,1H3. The highest BCUT2D eigenvalue weighted by molar-refractivity contribution is 4.77. The van der Waals surface area contributed by atoms with Crippen LogP contribution in [0.15, 0.2) is 18.7 Å². The van der Waals surface area contributed by atoms with Crippen molar-refractivity contribution in [3.63, 3.8) is 0 Å². The minimum Gasteiger partial charge on any atom is -0.378 e. The molecule has 1 aliphatic heterocycles. The second kappa shape index (κ2) is 3.92. The Bertz CT molecular complexity index is 245. The Morgan fingerprint density at radius 1 is 1.62 bits per heavy atom. The van der Waals surface area contributed by atoms with Crippen molar-refractivity contribution in [3.8, 4) is 0 Å². The van der Waals surface area contributed by atoms with Crippen LogP contribution in [0.1, 0.15) is 19.8 Å². The smallest absolute Gasteiger partial charge is 0.0945 e. The van der Waals surface area contributed by atoms with Crippen LogP contribution in [0.25, 0.3) is 0 Å². The number of imidazole rings is 1. The molecule has 2 atom stereocenters. The maximum atomic E-state index is 5.50. The molecule has 1 aliphatic rings. The van der Waals surface area contributed by atoms with E-state index in [2.05, 4.69) is 16.5 Å².